The fraction of sp³-hybridized carbons (Fsp3) is 0.375. The molecule has 0 radical (unpaired) electrons. The standard InChI is InChI=1S/C16H19ClN2O2/c1-4-12-9-13(19(5-2)18-12)10-15(20)14-8-11(17)6-7-16(14)21-3/h6-9H,4-5,10H2,1-3H3. The molecule has 0 aliphatic heterocycles. The van der Waals surface area contributed by atoms with E-state index in [1.165, 1.54) is 0 Å². The number of benzene rings is 1. The SMILES string of the molecule is CCc1cc(CC(=O)c2cc(Cl)ccc2OC)n(CC)n1. The molecule has 0 bridgehead atoms. The second kappa shape index (κ2) is 6.76. The van der Waals surface area contributed by atoms with Gasteiger partial charge in [-0.05, 0) is 37.6 Å². The number of ketones is 1. The molecule has 2 rings (SSSR count). The Labute approximate surface area is 129 Å². The van der Waals surface area contributed by atoms with Crippen molar-refractivity contribution < 1.29 is 9.53 Å². The summed E-state index contributed by atoms with van der Waals surface area (Å²) < 4.78 is 7.11. The third-order valence-corrected chi connectivity index (χ3v) is 3.61. The van der Waals surface area contributed by atoms with Crippen molar-refractivity contribution in [2.24, 2.45) is 0 Å². The van der Waals surface area contributed by atoms with Crippen LogP contribution in [-0.2, 0) is 19.4 Å². The summed E-state index contributed by atoms with van der Waals surface area (Å²) in [7, 11) is 1.55. The van der Waals surface area contributed by atoms with Crippen LogP contribution < -0.4 is 4.74 Å². The fourth-order valence-corrected chi connectivity index (χ4v) is 2.43. The van der Waals surface area contributed by atoms with Crippen LogP contribution in [0.3, 0.4) is 0 Å². The molecule has 5 heteroatoms. The number of aromatic nitrogens is 2. The lowest BCUT2D eigenvalue weighted by Crippen LogP contribution is -2.10. The lowest BCUT2D eigenvalue weighted by molar-refractivity contribution is 0.0987. The number of Topliss-reactive ketones (excluding diaryl/α,β-unsaturated/α-hetero) is 1. The molecule has 1 aromatic heterocycles. The van der Waals surface area contributed by atoms with Crippen molar-refractivity contribution >= 4 is 17.4 Å². The van der Waals surface area contributed by atoms with E-state index < -0.39 is 0 Å². The van der Waals surface area contributed by atoms with E-state index in [2.05, 4.69) is 5.10 Å². The molecule has 1 aromatic carbocycles. The number of hydrogen-bond donors (Lipinski definition) is 0. The van der Waals surface area contributed by atoms with Crippen molar-refractivity contribution in [1.29, 1.82) is 0 Å². The van der Waals surface area contributed by atoms with E-state index in [0.717, 1.165) is 24.4 Å². The largest absolute Gasteiger partial charge is 0.496 e. The summed E-state index contributed by atoms with van der Waals surface area (Å²) in [4.78, 5) is 12.5. The van der Waals surface area contributed by atoms with Crippen molar-refractivity contribution in [2.45, 2.75) is 33.2 Å². The Morgan fingerprint density at radius 3 is 2.71 bits per heavy atom. The first kappa shape index (κ1) is 15.6. The molecule has 21 heavy (non-hydrogen) atoms. The van der Waals surface area contributed by atoms with Crippen molar-refractivity contribution in [3.63, 3.8) is 0 Å². The topological polar surface area (TPSA) is 44.1 Å². The van der Waals surface area contributed by atoms with Crippen LogP contribution in [0.4, 0.5) is 0 Å². The van der Waals surface area contributed by atoms with E-state index in [1.807, 2.05) is 24.6 Å². The minimum atomic E-state index is -0.0217. The number of carbonyl (C=O) groups excluding carboxylic acids is 1. The first-order valence-corrected chi connectivity index (χ1v) is 7.39. The van der Waals surface area contributed by atoms with Gasteiger partial charge in [-0.25, -0.2) is 0 Å². The number of methoxy groups -OCH3 is 1. The highest BCUT2D eigenvalue weighted by molar-refractivity contribution is 6.31. The summed E-state index contributed by atoms with van der Waals surface area (Å²) in [6.45, 7) is 4.81. The number of hydrogen-bond acceptors (Lipinski definition) is 3. The van der Waals surface area contributed by atoms with Crippen LogP contribution >= 0.6 is 11.6 Å². The van der Waals surface area contributed by atoms with Gasteiger partial charge in [-0.1, -0.05) is 18.5 Å². The highest BCUT2D eigenvalue weighted by atomic mass is 35.5. The zero-order valence-corrected chi connectivity index (χ0v) is 13.3. The van der Waals surface area contributed by atoms with Gasteiger partial charge in [0.25, 0.3) is 0 Å². The lowest BCUT2D eigenvalue weighted by atomic mass is 10.1. The van der Waals surface area contributed by atoms with Gasteiger partial charge in [0, 0.05) is 17.3 Å². The Balaban J connectivity index is 2.29. The van der Waals surface area contributed by atoms with Crippen molar-refractivity contribution in [3.8, 4) is 5.75 Å². The molecule has 4 nitrogen and oxygen atoms in total. The molecule has 0 amide bonds. The molecule has 112 valence electrons. The molecule has 1 heterocycles. The molecule has 0 fully saturated rings. The molecule has 0 N–H and O–H groups in total. The molecule has 0 atom stereocenters. The number of halogens is 1. The molecular weight excluding hydrogens is 288 g/mol. The summed E-state index contributed by atoms with van der Waals surface area (Å²) in [6, 6.07) is 7.06. The summed E-state index contributed by atoms with van der Waals surface area (Å²) in [5.41, 5.74) is 2.42. The van der Waals surface area contributed by atoms with Crippen molar-refractivity contribution in [1.82, 2.24) is 9.78 Å². The van der Waals surface area contributed by atoms with Gasteiger partial charge < -0.3 is 4.74 Å². The molecule has 2 aromatic rings. The zero-order valence-electron chi connectivity index (χ0n) is 12.5. The highest BCUT2D eigenvalue weighted by Gasteiger charge is 2.16. The predicted octanol–water partition coefficient (Wildman–Crippen LogP) is 3.55. The first-order chi connectivity index (χ1) is 10.1. The molecule has 0 unspecified atom stereocenters. The van der Waals surface area contributed by atoms with Crippen molar-refractivity contribution in [2.75, 3.05) is 7.11 Å². The van der Waals surface area contributed by atoms with Crippen LogP contribution in [0.25, 0.3) is 0 Å². The Bertz CT molecular complexity index is 650. The summed E-state index contributed by atoms with van der Waals surface area (Å²) in [6.07, 6.45) is 1.15. The number of nitrogens with zero attached hydrogens (tertiary/aromatic N) is 2. The van der Waals surface area contributed by atoms with E-state index in [-0.39, 0.29) is 12.2 Å². The summed E-state index contributed by atoms with van der Waals surface area (Å²) in [5.74, 6) is 0.522. The molecule has 0 spiro atoms. The van der Waals surface area contributed by atoms with E-state index in [1.54, 1.807) is 25.3 Å². The summed E-state index contributed by atoms with van der Waals surface area (Å²) in [5, 5.41) is 4.99. The maximum absolute atomic E-state index is 12.5. The van der Waals surface area contributed by atoms with Crippen LogP contribution in [0, 0.1) is 0 Å². The zero-order chi connectivity index (χ0) is 15.4. The second-order valence-electron chi connectivity index (χ2n) is 4.74. The van der Waals surface area contributed by atoms with Gasteiger partial charge in [0.15, 0.2) is 5.78 Å². The third-order valence-electron chi connectivity index (χ3n) is 3.38. The second-order valence-corrected chi connectivity index (χ2v) is 5.18. The van der Waals surface area contributed by atoms with Crippen LogP contribution in [0.5, 0.6) is 5.75 Å². The van der Waals surface area contributed by atoms with E-state index in [9.17, 15) is 4.79 Å². The molecule has 0 saturated heterocycles. The van der Waals surface area contributed by atoms with E-state index in [0.29, 0.717) is 16.3 Å². The Kier molecular flexibility index (Phi) is 5.02. The quantitative estimate of drug-likeness (QED) is 0.767. The Hall–Kier alpha value is -1.81. The average Bonchev–Trinajstić information content (AvgIpc) is 2.89. The number of ether oxygens (including phenoxy) is 1. The van der Waals surface area contributed by atoms with Crippen LogP contribution in [0.15, 0.2) is 24.3 Å². The smallest absolute Gasteiger partial charge is 0.172 e. The predicted molar refractivity (Wildman–Crippen MR) is 83.3 cm³/mol. The van der Waals surface area contributed by atoms with Gasteiger partial charge in [0.1, 0.15) is 5.75 Å². The van der Waals surface area contributed by atoms with Gasteiger partial charge in [-0.3, -0.25) is 9.48 Å². The monoisotopic (exact) mass is 306 g/mol. The van der Waals surface area contributed by atoms with Gasteiger partial charge in [-0.2, -0.15) is 5.10 Å². The van der Waals surface area contributed by atoms with Crippen LogP contribution in [0.2, 0.25) is 5.02 Å². The lowest BCUT2D eigenvalue weighted by Gasteiger charge is -2.09. The maximum Gasteiger partial charge on any atom is 0.172 e. The van der Waals surface area contributed by atoms with Crippen molar-refractivity contribution in [3.05, 3.63) is 46.2 Å². The van der Waals surface area contributed by atoms with Gasteiger partial charge in [-0.15, -0.1) is 0 Å². The molecule has 0 aliphatic carbocycles. The first-order valence-electron chi connectivity index (χ1n) is 7.01. The Morgan fingerprint density at radius 2 is 2.10 bits per heavy atom. The maximum atomic E-state index is 12.5. The highest BCUT2D eigenvalue weighted by Crippen LogP contribution is 2.24. The van der Waals surface area contributed by atoms with Crippen LogP contribution in [-0.4, -0.2) is 22.7 Å². The molecule has 0 saturated carbocycles. The number of aryl methyl sites for hydroxylation is 2. The van der Waals surface area contributed by atoms with Gasteiger partial charge >= 0.3 is 0 Å². The third kappa shape index (κ3) is 3.45. The van der Waals surface area contributed by atoms with E-state index >= 15 is 0 Å². The summed E-state index contributed by atoms with van der Waals surface area (Å²) >= 11 is 5.98. The number of rotatable bonds is 6. The van der Waals surface area contributed by atoms with Gasteiger partial charge in [0.2, 0.25) is 0 Å². The minimum Gasteiger partial charge on any atom is -0.496 e. The number of carbonyl (C=O) groups is 1. The normalized spacial score (nSPS) is 10.7. The van der Waals surface area contributed by atoms with Gasteiger partial charge in [0.05, 0.1) is 24.8 Å². The minimum absolute atomic E-state index is 0.0217. The van der Waals surface area contributed by atoms with Crippen LogP contribution in [0.1, 0.15) is 35.6 Å². The molecule has 0 aliphatic rings. The van der Waals surface area contributed by atoms with E-state index in [4.69, 9.17) is 16.3 Å². The fourth-order valence-electron chi connectivity index (χ4n) is 2.26. The average molecular weight is 307 g/mol. The Morgan fingerprint density at radius 1 is 1.33 bits per heavy atom. The molecular formula is C16H19ClN2O2.